The summed E-state index contributed by atoms with van der Waals surface area (Å²) in [5, 5.41) is 11.4. The monoisotopic (exact) mass is 522 g/mol. The number of anilines is 4. The van der Waals surface area contributed by atoms with Gasteiger partial charge in [0.2, 0.25) is 5.91 Å². The minimum atomic E-state index is -0.337. The molecule has 8 nitrogen and oxygen atoms in total. The van der Waals surface area contributed by atoms with Crippen molar-refractivity contribution in [3.8, 4) is 22.3 Å². The number of nitrogens with one attached hydrogen (secondary N) is 3. The van der Waals surface area contributed by atoms with Crippen LogP contribution in [0.5, 0.6) is 0 Å². The highest BCUT2D eigenvalue weighted by atomic mass is 32.1. The highest BCUT2D eigenvalue weighted by Gasteiger charge is 2.15. The largest absolute Gasteiger partial charge is 0.383 e. The van der Waals surface area contributed by atoms with Crippen LogP contribution >= 0.6 is 11.3 Å². The molecular weight excluding hydrogens is 496 g/mol. The van der Waals surface area contributed by atoms with Gasteiger partial charge in [0, 0.05) is 57.9 Å². The molecule has 9 heteroatoms. The first-order valence-electron chi connectivity index (χ1n) is 11.9. The Morgan fingerprint density at radius 2 is 1.47 bits per heavy atom. The van der Waals surface area contributed by atoms with Crippen molar-refractivity contribution in [1.82, 2.24) is 4.98 Å². The van der Waals surface area contributed by atoms with Crippen molar-refractivity contribution >= 4 is 56.2 Å². The summed E-state index contributed by atoms with van der Waals surface area (Å²) < 4.78 is 1.03. The van der Waals surface area contributed by atoms with E-state index < -0.39 is 0 Å². The normalized spacial score (nSPS) is 10.8. The molecular formula is C29H26N6O2S. The maximum atomic E-state index is 12.5. The van der Waals surface area contributed by atoms with E-state index in [1.54, 1.807) is 17.5 Å². The molecule has 190 valence electrons. The summed E-state index contributed by atoms with van der Waals surface area (Å²) in [5.74, 6) is 0.340. The molecule has 0 atom stereocenters. The Labute approximate surface area is 223 Å². The zero-order valence-corrected chi connectivity index (χ0v) is 21.4. The molecule has 0 bridgehead atoms. The van der Waals surface area contributed by atoms with Crippen LogP contribution in [-0.4, -0.2) is 16.9 Å². The lowest BCUT2D eigenvalue weighted by Crippen LogP contribution is -2.19. The number of hydrogen-bond acceptors (Lipinski definition) is 6. The molecule has 0 unspecified atom stereocenters. The molecule has 7 N–H and O–H groups in total. The SMILES string of the molecule is CC(=O)Nc1ccc(-c2cnc(N)c3c(-c4ccc(NC(=O)Nc5cccc(CN)c5)cc4)csc23)cc1. The van der Waals surface area contributed by atoms with E-state index in [0.717, 1.165) is 43.6 Å². The molecule has 0 aliphatic rings. The summed E-state index contributed by atoms with van der Waals surface area (Å²) in [6, 6.07) is 22.3. The van der Waals surface area contributed by atoms with Crippen molar-refractivity contribution in [3.05, 3.63) is 89.9 Å². The molecule has 38 heavy (non-hydrogen) atoms. The Bertz CT molecular complexity index is 1630. The van der Waals surface area contributed by atoms with E-state index >= 15 is 0 Å². The third-order valence-electron chi connectivity index (χ3n) is 6.02. The Morgan fingerprint density at radius 1 is 0.842 bits per heavy atom. The second-order valence-electron chi connectivity index (χ2n) is 8.73. The molecule has 0 fully saturated rings. The first kappa shape index (κ1) is 24.9. The van der Waals surface area contributed by atoms with Crippen molar-refractivity contribution in [1.29, 1.82) is 0 Å². The van der Waals surface area contributed by atoms with Crippen LogP contribution in [0.25, 0.3) is 32.3 Å². The third-order valence-corrected chi connectivity index (χ3v) is 7.03. The van der Waals surface area contributed by atoms with E-state index in [2.05, 4.69) is 26.3 Å². The van der Waals surface area contributed by atoms with Crippen molar-refractivity contribution in [3.63, 3.8) is 0 Å². The van der Waals surface area contributed by atoms with Crippen LogP contribution < -0.4 is 27.4 Å². The summed E-state index contributed by atoms with van der Waals surface area (Å²) in [7, 11) is 0. The van der Waals surface area contributed by atoms with Gasteiger partial charge in [-0.15, -0.1) is 11.3 Å². The predicted molar refractivity (Wildman–Crippen MR) is 156 cm³/mol. The molecule has 3 aromatic carbocycles. The number of benzene rings is 3. The number of amides is 3. The number of aromatic nitrogens is 1. The highest BCUT2D eigenvalue weighted by molar-refractivity contribution is 7.18. The van der Waals surface area contributed by atoms with Gasteiger partial charge in [0.05, 0.1) is 0 Å². The van der Waals surface area contributed by atoms with Crippen LogP contribution in [0, 0.1) is 0 Å². The smallest absolute Gasteiger partial charge is 0.323 e. The molecule has 5 rings (SSSR count). The highest BCUT2D eigenvalue weighted by Crippen LogP contribution is 2.42. The Hall–Kier alpha value is -4.73. The predicted octanol–water partition coefficient (Wildman–Crippen LogP) is 6.27. The molecule has 5 aromatic rings. The van der Waals surface area contributed by atoms with Gasteiger partial charge in [-0.2, -0.15) is 0 Å². The second kappa shape index (κ2) is 10.7. The minimum absolute atomic E-state index is 0.115. The van der Waals surface area contributed by atoms with Crippen LogP contribution in [0.15, 0.2) is 84.4 Å². The van der Waals surface area contributed by atoms with Crippen LogP contribution in [0.1, 0.15) is 12.5 Å². The molecule has 0 spiro atoms. The van der Waals surface area contributed by atoms with Crippen LogP contribution in [0.3, 0.4) is 0 Å². The van der Waals surface area contributed by atoms with E-state index in [-0.39, 0.29) is 11.9 Å². The van der Waals surface area contributed by atoms with Crippen LogP contribution in [0.2, 0.25) is 0 Å². The molecule has 0 saturated heterocycles. The molecule has 0 aliphatic heterocycles. The summed E-state index contributed by atoms with van der Waals surface area (Å²) in [6.45, 7) is 1.89. The van der Waals surface area contributed by atoms with Gasteiger partial charge < -0.3 is 27.4 Å². The molecule has 0 radical (unpaired) electrons. The van der Waals surface area contributed by atoms with E-state index in [0.29, 0.717) is 23.7 Å². The molecule has 2 heterocycles. The van der Waals surface area contributed by atoms with E-state index in [1.807, 2.05) is 72.8 Å². The number of carbonyl (C=O) groups excluding carboxylic acids is 2. The lowest BCUT2D eigenvalue weighted by Gasteiger charge is -2.10. The number of hydrogen-bond donors (Lipinski definition) is 5. The van der Waals surface area contributed by atoms with Gasteiger partial charge in [-0.05, 0) is 58.5 Å². The standard InChI is InChI=1S/C29H26N6O2S/c1-17(36)33-21-9-5-19(6-10-21)24-15-32-28(31)26-25(16-38-27(24)26)20-7-11-22(12-8-20)34-29(37)35-23-4-2-3-18(13-23)14-30/h2-13,15-16H,14,30H2,1H3,(H2,31,32)(H,33,36)(H2,34,35,37). The number of nitrogens with zero attached hydrogens (tertiary/aromatic N) is 1. The Morgan fingerprint density at radius 3 is 2.13 bits per heavy atom. The number of pyridine rings is 1. The molecule has 0 saturated carbocycles. The lowest BCUT2D eigenvalue weighted by molar-refractivity contribution is -0.114. The first-order valence-corrected chi connectivity index (χ1v) is 12.8. The zero-order chi connectivity index (χ0) is 26.6. The summed E-state index contributed by atoms with van der Waals surface area (Å²) in [4.78, 5) is 28.3. The van der Waals surface area contributed by atoms with Gasteiger partial charge >= 0.3 is 6.03 Å². The summed E-state index contributed by atoms with van der Waals surface area (Å²) in [6.07, 6.45) is 1.78. The fourth-order valence-electron chi connectivity index (χ4n) is 4.22. The Balaban J connectivity index is 1.37. The molecule has 0 aliphatic carbocycles. The minimum Gasteiger partial charge on any atom is -0.383 e. The van der Waals surface area contributed by atoms with Crippen LogP contribution in [-0.2, 0) is 11.3 Å². The number of urea groups is 1. The van der Waals surface area contributed by atoms with Crippen molar-refractivity contribution < 1.29 is 9.59 Å². The lowest BCUT2D eigenvalue weighted by atomic mass is 10.0. The van der Waals surface area contributed by atoms with E-state index in [4.69, 9.17) is 11.5 Å². The van der Waals surface area contributed by atoms with Crippen molar-refractivity contribution in [2.45, 2.75) is 13.5 Å². The summed E-state index contributed by atoms with van der Waals surface area (Å²) >= 11 is 1.60. The van der Waals surface area contributed by atoms with Gasteiger partial charge in [0.15, 0.2) is 0 Å². The van der Waals surface area contributed by atoms with Gasteiger partial charge in [0.25, 0.3) is 0 Å². The zero-order valence-electron chi connectivity index (χ0n) is 20.6. The van der Waals surface area contributed by atoms with Gasteiger partial charge in [-0.1, -0.05) is 36.4 Å². The fourth-order valence-corrected chi connectivity index (χ4v) is 5.34. The number of rotatable bonds is 6. The maximum Gasteiger partial charge on any atom is 0.323 e. The van der Waals surface area contributed by atoms with E-state index in [9.17, 15) is 9.59 Å². The number of fused-ring (bicyclic) bond motifs is 1. The number of thiophene rings is 1. The van der Waals surface area contributed by atoms with Gasteiger partial charge in [-0.25, -0.2) is 9.78 Å². The Kier molecular flexibility index (Phi) is 7.03. The second-order valence-corrected chi connectivity index (χ2v) is 9.61. The number of nitrogen functional groups attached to an aromatic ring is 1. The number of carbonyl (C=O) groups is 2. The van der Waals surface area contributed by atoms with Crippen molar-refractivity contribution in [2.75, 3.05) is 21.7 Å². The van der Waals surface area contributed by atoms with Gasteiger partial charge in [0.1, 0.15) is 5.82 Å². The third kappa shape index (κ3) is 5.34. The fraction of sp³-hybridized carbons (Fsp3) is 0.0690. The topological polar surface area (TPSA) is 135 Å². The average molecular weight is 523 g/mol. The molecule has 2 aromatic heterocycles. The first-order chi connectivity index (χ1) is 18.4. The molecule has 3 amide bonds. The average Bonchev–Trinajstić information content (AvgIpc) is 3.36. The van der Waals surface area contributed by atoms with Gasteiger partial charge in [-0.3, -0.25) is 4.79 Å². The quantitative estimate of drug-likeness (QED) is 0.179. The maximum absolute atomic E-state index is 12.5. The van der Waals surface area contributed by atoms with Crippen molar-refractivity contribution in [2.24, 2.45) is 5.73 Å². The number of nitrogens with two attached hydrogens (primary N) is 2. The van der Waals surface area contributed by atoms with Crippen LogP contribution in [0.4, 0.5) is 27.7 Å². The van der Waals surface area contributed by atoms with E-state index in [1.165, 1.54) is 6.92 Å². The summed E-state index contributed by atoms with van der Waals surface area (Å²) in [5.41, 5.74) is 18.9.